The van der Waals surface area contributed by atoms with E-state index in [9.17, 15) is 0 Å². The second kappa shape index (κ2) is 9.33. The largest absolute Gasteiger partial charge is 0.383 e. The van der Waals surface area contributed by atoms with Crippen LogP contribution < -0.4 is 5.73 Å². The summed E-state index contributed by atoms with van der Waals surface area (Å²) in [6, 6.07) is 9.79. The lowest BCUT2D eigenvalue weighted by Gasteiger charge is -2.22. The van der Waals surface area contributed by atoms with Crippen LogP contribution in [-0.4, -0.2) is 26.9 Å². The molecular formula is C13H23NO2. The first-order valence-electron chi connectivity index (χ1n) is 5.62. The fourth-order valence-corrected chi connectivity index (χ4v) is 1.48. The molecule has 0 aliphatic rings. The van der Waals surface area contributed by atoms with Crippen molar-refractivity contribution in [3.05, 3.63) is 35.9 Å². The molecule has 0 saturated heterocycles. The van der Waals surface area contributed by atoms with E-state index in [1.165, 1.54) is 0 Å². The van der Waals surface area contributed by atoms with E-state index >= 15 is 0 Å². The Morgan fingerprint density at radius 2 is 1.69 bits per heavy atom. The molecule has 92 valence electrons. The lowest BCUT2D eigenvalue weighted by atomic mass is 10.0. The maximum absolute atomic E-state index is 5.92. The first-order chi connectivity index (χ1) is 7.79. The van der Waals surface area contributed by atoms with Gasteiger partial charge in [-0.25, -0.2) is 0 Å². The summed E-state index contributed by atoms with van der Waals surface area (Å²) in [4.78, 5) is 0. The third kappa shape index (κ3) is 4.75. The molecule has 0 aliphatic heterocycles. The molecule has 0 aliphatic carbocycles. The van der Waals surface area contributed by atoms with E-state index in [1.807, 2.05) is 44.2 Å². The molecule has 0 amide bonds. The van der Waals surface area contributed by atoms with Crippen LogP contribution in [0.15, 0.2) is 30.3 Å². The molecule has 3 nitrogen and oxygen atoms in total. The number of ether oxygens (including phenoxy) is 2. The summed E-state index contributed by atoms with van der Waals surface area (Å²) >= 11 is 0. The highest BCUT2D eigenvalue weighted by Gasteiger charge is 2.18. The molecule has 0 saturated carbocycles. The van der Waals surface area contributed by atoms with Gasteiger partial charge in [-0.1, -0.05) is 44.2 Å². The molecule has 1 rings (SSSR count). The van der Waals surface area contributed by atoms with E-state index in [2.05, 4.69) is 0 Å². The van der Waals surface area contributed by atoms with Crippen LogP contribution in [0.1, 0.15) is 25.5 Å². The van der Waals surface area contributed by atoms with E-state index in [4.69, 9.17) is 15.2 Å². The molecule has 0 fully saturated rings. The van der Waals surface area contributed by atoms with Crippen LogP contribution in [0.25, 0.3) is 0 Å². The fourth-order valence-electron chi connectivity index (χ4n) is 1.48. The normalized spacial score (nSPS) is 13.6. The van der Waals surface area contributed by atoms with Crippen LogP contribution in [0.3, 0.4) is 0 Å². The minimum atomic E-state index is -0.132. The minimum Gasteiger partial charge on any atom is -0.383 e. The van der Waals surface area contributed by atoms with Gasteiger partial charge in [0.1, 0.15) is 0 Å². The Kier molecular flexibility index (Phi) is 8.81. The van der Waals surface area contributed by atoms with Gasteiger partial charge in [-0.15, -0.1) is 0 Å². The van der Waals surface area contributed by atoms with Crippen molar-refractivity contribution in [3.8, 4) is 0 Å². The lowest BCUT2D eigenvalue weighted by Crippen LogP contribution is -2.33. The number of hydrogen-bond donors (Lipinski definition) is 1. The predicted octanol–water partition coefficient (Wildman–Crippen LogP) is 2.37. The van der Waals surface area contributed by atoms with Crippen LogP contribution in [0.2, 0.25) is 0 Å². The number of benzene rings is 1. The van der Waals surface area contributed by atoms with Crippen molar-refractivity contribution in [1.29, 1.82) is 0 Å². The Hall–Kier alpha value is -0.900. The number of methoxy groups -OCH3 is 2. The van der Waals surface area contributed by atoms with Gasteiger partial charge in [-0.05, 0) is 5.56 Å². The Bertz CT molecular complexity index is 251. The third-order valence-electron chi connectivity index (χ3n) is 2.13. The van der Waals surface area contributed by atoms with E-state index in [0.29, 0.717) is 6.61 Å². The van der Waals surface area contributed by atoms with Gasteiger partial charge >= 0.3 is 0 Å². The molecule has 0 radical (unpaired) electrons. The molecule has 0 bridgehead atoms. The number of rotatable bonds is 5. The summed E-state index contributed by atoms with van der Waals surface area (Å²) < 4.78 is 10.3. The van der Waals surface area contributed by atoms with Crippen molar-refractivity contribution < 1.29 is 9.47 Å². The van der Waals surface area contributed by atoms with Crippen molar-refractivity contribution >= 4 is 0 Å². The molecule has 3 heteroatoms. The summed E-state index contributed by atoms with van der Waals surface area (Å²) in [6.45, 7) is 4.49. The fraction of sp³-hybridized carbons (Fsp3) is 0.538. The van der Waals surface area contributed by atoms with Crippen molar-refractivity contribution in [2.24, 2.45) is 5.73 Å². The molecule has 0 spiro atoms. The van der Waals surface area contributed by atoms with Crippen molar-refractivity contribution in [1.82, 2.24) is 0 Å². The zero-order valence-corrected chi connectivity index (χ0v) is 10.6. The minimum absolute atomic E-state index is 0.101. The van der Waals surface area contributed by atoms with Crippen molar-refractivity contribution in [2.75, 3.05) is 20.8 Å². The van der Waals surface area contributed by atoms with Gasteiger partial charge in [-0.3, -0.25) is 0 Å². The maximum atomic E-state index is 5.92. The number of nitrogens with two attached hydrogens (primary N) is 1. The predicted molar refractivity (Wildman–Crippen MR) is 67.4 cm³/mol. The average Bonchev–Trinajstić information content (AvgIpc) is 2.34. The van der Waals surface area contributed by atoms with E-state index in [0.717, 1.165) is 5.56 Å². The molecule has 2 unspecified atom stereocenters. The zero-order chi connectivity index (χ0) is 12.4. The standard InChI is InChI=1S/C11H17NO2.C2H6/c1-13-8-10(12)11(14-2)9-6-4-3-5-7-9;1-2/h3-7,10-11H,8,12H2,1-2H3;1-2H3. The Morgan fingerprint density at radius 3 is 2.12 bits per heavy atom. The maximum Gasteiger partial charge on any atom is 0.0994 e. The summed E-state index contributed by atoms with van der Waals surface area (Å²) in [5.74, 6) is 0. The summed E-state index contributed by atoms with van der Waals surface area (Å²) in [7, 11) is 3.30. The average molecular weight is 225 g/mol. The Balaban J connectivity index is 0.00000106. The molecule has 1 aromatic rings. The molecule has 2 N–H and O–H groups in total. The van der Waals surface area contributed by atoms with Crippen molar-refractivity contribution in [2.45, 2.75) is 26.0 Å². The van der Waals surface area contributed by atoms with Crippen LogP contribution in [-0.2, 0) is 9.47 Å². The highest BCUT2D eigenvalue weighted by Crippen LogP contribution is 2.18. The molecule has 0 heterocycles. The molecule has 2 atom stereocenters. The van der Waals surface area contributed by atoms with E-state index < -0.39 is 0 Å². The Morgan fingerprint density at radius 1 is 1.12 bits per heavy atom. The van der Waals surface area contributed by atoms with Gasteiger partial charge < -0.3 is 15.2 Å². The lowest BCUT2D eigenvalue weighted by molar-refractivity contribution is 0.0474. The Labute approximate surface area is 98.6 Å². The highest BCUT2D eigenvalue weighted by molar-refractivity contribution is 5.19. The van der Waals surface area contributed by atoms with Gasteiger partial charge in [0.25, 0.3) is 0 Å². The van der Waals surface area contributed by atoms with Gasteiger partial charge in [-0.2, -0.15) is 0 Å². The molecule has 1 aromatic carbocycles. The first kappa shape index (κ1) is 15.1. The van der Waals surface area contributed by atoms with Gasteiger partial charge in [0.2, 0.25) is 0 Å². The summed E-state index contributed by atoms with van der Waals surface area (Å²) in [5, 5.41) is 0. The molecule has 0 aromatic heterocycles. The van der Waals surface area contributed by atoms with Crippen LogP contribution in [0.5, 0.6) is 0 Å². The smallest absolute Gasteiger partial charge is 0.0994 e. The van der Waals surface area contributed by atoms with Crippen LogP contribution in [0.4, 0.5) is 0 Å². The third-order valence-corrected chi connectivity index (χ3v) is 2.13. The van der Waals surface area contributed by atoms with Crippen LogP contribution >= 0.6 is 0 Å². The van der Waals surface area contributed by atoms with Crippen molar-refractivity contribution in [3.63, 3.8) is 0 Å². The quantitative estimate of drug-likeness (QED) is 0.836. The van der Waals surface area contributed by atoms with Gasteiger partial charge in [0.15, 0.2) is 0 Å². The van der Waals surface area contributed by atoms with E-state index in [1.54, 1.807) is 14.2 Å². The topological polar surface area (TPSA) is 44.5 Å². The van der Waals surface area contributed by atoms with Gasteiger partial charge in [0.05, 0.1) is 18.8 Å². The zero-order valence-electron chi connectivity index (χ0n) is 10.6. The first-order valence-corrected chi connectivity index (χ1v) is 5.62. The molecule has 16 heavy (non-hydrogen) atoms. The monoisotopic (exact) mass is 225 g/mol. The van der Waals surface area contributed by atoms with E-state index in [-0.39, 0.29) is 12.1 Å². The SMILES string of the molecule is CC.COCC(N)C(OC)c1ccccc1. The number of hydrogen-bond acceptors (Lipinski definition) is 3. The molecular weight excluding hydrogens is 202 g/mol. The second-order valence-corrected chi connectivity index (χ2v) is 3.19. The van der Waals surface area contributed by atoms with Gasteiger partial charge in [0, 0.05) is 14.2 Å². The second-order valence-electron chi connectivity index (χ2n) is 3.19. The highest BCUT2D eigenvalue weighted by atomic mass is 16.5. The summed E-state index contributed by atoms with van der Waals surface area (Å²) in [5.41, 5.74) is 7.00. The summed E-state index contributed by atoms with van der Waals surface area (Å²) in [6.07, 6.45) is -0.101. The van der Waals surface area contributed by atoms with Crippen LogP contribution in [0, 0.1) is 0 Å².